The van der Waals surface area contributed by atoms with Gasteiger partial charge in [-0.25, -0.2) is 4.39 Å². The number of halogens is 1. The van der Waals surface area contributed by atoms with E-state index in [1.807, 2.05) is 6.92 Å². The van der Waals surface area contributed by atoms with Crippen molar-refractivity contribution in [3.8, 4) is 5.75 Å². The molecule has 0 radical (unpaired) electrons. The Morgan fingerprint density at radius 2 is 2.19 bits per heavy atom. The zero-order valence-electron chi connectivity index (χ0n) is 9.50. The first-order chi connectivity index (χ1) is 7.63. The quantitative estimate of drug-likeness (QED) is 0.769. The number of benzene rings is 1. The molecule has 86 valence electrons. The van der Waals surface area contributed by atoms with Crippen LogP contribution in [0.2, 0.25) is 0 Å². The van der Waals surface area contributed by atoms with E-state index >= 15 is 0 Å². The first-order valence-electron chi connectivity index (χ1n) is 5.49. The molecule has 0 saturated heterocycles. The summed E-state index contributed by atoms with van der Waals surface area (Å²) in [7, 11) is 1.57. The number of ether oxygens (including phenoxy) is 1. The van der Waals surface area contributed by atoms with Crippen molar-refractivity contribution in [2.24, 2.45) is 5.92 Å². The number of Topliss-reactive ketones (excluding diaryl/α,β-unsaturated/α-hetero) is 1. The maximum absolute atomic E-state index is 13.2. The highest BCUT2D eigenvalue weighted by atomic mass is 19.1. The van der Waals surface area contributed by atoms with E-state index < -0.39 is 0 Å². The molecule has 1 aromatic rings. The standard InChI is InChI=1S/C13H15FO2/c1-8-10(4-5-12(8)15)11-7-9(14)3-6-13(11)16-2/h3,6-8,10H,4-5H2,1-2H3. The van der Waals surface area contributed by atoms with Gasteiger partial charge in [-0.3, -0.25) is 4.79 Å². The average Bonchev–Trinajstić information content (AvgIpc) is 2.60. The maximum atomic E-state index is 13.2. The Balaban J connectivity index is 2.39. The molecule has 16 heavy (non-hydrogen) atoms. The summed E-state index contributed by atoms with van der Waals surface area (Å²) in [5, 5.41) is 0. The number of carbonyl (C=O) groups is 1. The number of hydrogen-bond acceptors (Lipinski definition) is 2. The number of methoxy groups -OCH3 is 1. The second-order valence-electron chi connectivity index (χ2n) is 4.29. The van der Waals surface area contributed by atoms with Crippen molar-refractivity contribution in [3.05, 3.63) is 29.6 Å². The Kier molecular flexibility index (Phi) is 2.95. The number of carbonyl (C=O) groups excluding carboxylic acids is 1. The summed E-state index contributed by atoms with van der Waals surface area (Å²) in [4.78, 5) is 11.5. The van der Waals surface area contributed by atoms with Gasteiger partial charge in [-0.1, -0.05) is 6.92 Å². The van der Waals surface area contributed by atoms with E-state index in [9.17, 15) is 9.18 Å². The highest BCUT2D eigenvalue weighted by molar-refractivity contribution is 5.84. The monoisotopic (exact) mass is 222 g/mol. The van der Waals surface area contributed by atoms with Gasteiger partial charge in [0.05, 0.1) is 7.11 Å². The predicted octanol–water partition coefficient (Wildman–Crippen LogP) is 2.92. The molecule has 0 aromatic heterocycles. The van der Waals surface area contributed by atoms with Gasteiger partial charge in [-0.05, 0) is 30.5 Å². The molecule has 0 spiro atoms. The summed E-state index contributed by atoms with van der Waals surface area (Å²) in [6.07, 6.45) is 1.38. The minimum Gasteiger partial charge on any atom is -0.496 e. The number of rotatable bonds is 2. The topological polar surface area (TPSA) is 26.3 Å². The first-order valence-corrected chi connectivity index (χ1v) is 5.49. The molecule has 0 heterocycles. The molecule has 2 atom stereocenters. The lowest BCUT2D eigenvalue weighted by Gasteiger charge is -2.17. The molecule has 0 N–H and O–H groups in total. The fourth-order valence-electron chi connectivity index (χ4n) is 2.42. The molecule has 2 rings (SSSR count). The van der Waals surface area contributed by atoms with Crippen LogP contribution in [-0.4, -0.2) is 12.9 Å². The third kappa shape index (κ3) is 1.82. The average molecular weight is 222 g/mol. The lowest BCUT2D eigenvalue weighted by Crippen LogP contribution is -2.10. The molecule has 0 aliphatic heterocycles. The zero-order valence-corrected chi connectivity index (χ0v) is 9.50. The van der Waals surface area contributed by atoms with Gasteiger partial charge >= 0.3 is 0 Å². The Morgan fingerprint density at radius 3 is 2.75 bits per heavy atom. The van der Waals surface area contributed by atoms with Crippen LogP contribution in [0.3, 0.4) is 0 Å². The van der Waals surface area contributed by atoms with Crippen molar-refractivity contribution >= 4 is 5.78 Å². The molecule has 1 aliphatic carbocycles. The van der Waals surface area contributed by atoms with Crippen LogP contribution in [0.5, 0.6) is 5.75 Å². The minimum absolute atomic E-state index is 0.0318. The van der Waals surface area contributed by atoms with Crippen molar-refractivity contribution in [3.63, 3.8) is 0 Å². The fourth-order valence-corrected chi connectivity index (χ4v) is 2.42. The zero-order chi connectivity index (χ0) is 11.7. The largest absolute Gasteiger partial charge is 0.496 e. The minimum atomic E-state index is -0.276. The lowest BCUT2D eigenvalue weighted by molar-refractivity contribution is -0.120. The van der Waals surface area contributed by atoms with Crippen LogP contribution < -0.4 is 4.74 Å². The van der Waals surface area contributed by atoms with Crippen LogP contribution >= 0.6 is 0 Å². The number of ketones is 1. The van der Waals surface area contributed by atoms with Crippen LogP contribution in [0.25, 0.3) is 0 Å². The van der Waals surface area contributed by atoms with Crippen molar-refractivity contribution in [2.75, 3.05) is 7.11 Å². The second-order valence-corrected chi connectivity index (χ2v) is 4.29. The molecule has 2 unspecified atom stereocenters. The van der Waals surface area contributed by atoms with E-state index in [2.05, 4.69) is 0 Å². The van der Waals surface area contributed by atoms with E-state index in [1.54, 1.807) is 13.2 Å². The molecule has 2 nitrogen and oxygen atoms in total. The van der Waals surface area contributed by atoms with Crippen LogP contribution in [0, 0.1) is 11.7 Å². The van der Waals surface area contributed by atoms with E-state index in [0.29, 0.717) is 12.2 Å². The maximum Gasteiger partial charge on any atom is 0.136 e. The lowest BCUT2D eigenvalue weighted by atomic mass is 9.89. The van der Waals surface area contributed by atoms with Gasteiger partial charge in [0.25, 0.3) is 0 Å². The van der Waals surface area contributed by atoms with Crippen molar-refractivity contribution in [1.82, 2.24) is 0 Å². The van der Waals surface area contributed by atoms with Gasteiger partial charge in [0.1, 0.15) is 17.3 Å². The third-order valence-corrected chi connectivity index (χ3v) is 3.40. The molecule has 1 aliphatic rings. The Hall–Kier alpha value is -1.38. The SMILES string of the molecule is COc1ccc(F)cc1C1CCC(=O)C1C. The molecule has 0 bridgehead atoms. The Labute approximate surface area is 94.4 Å². The molecule has 1 saturated carbocycles. The molecule has 1 fully saturated rings. The van der Waals surface area contributed by atoms with E-state index in [-0.39, 0.29) is 23.4 Å². The smallest absolute Gasteiger partial charge is 0.136 e. The van der Waals surface area contributed by atoms with Crippen molar-refractivity contribution in [1.29, 1.82) is 0 Å². The highest BCUT2D eigenvalue weighted by Crippen LogP contribution is 2.41. The van der Waals surface area contributed by atoms with Gasteiger partial charge < -0.3 is 4.74 Å². The predicted molar refractivity (Wildman–Crippen MR) is 59.1 cm³/mol. The molecule has 0 amide bonds. The highest BCUT2D eigenvalue weighted by Gasteiger charge is 2.33. The summed E-state index contributed by atoms with van der Waals surface area (Å²) in [5.74, 6) is 0.723. The van der Waals surface area contributed by atoms with Crippen LogP contribution in [0.1, 0.15) is 31.2 Å². The number of hydrogen-bond donors (Lipinski definition) is 0. The second kappa shape index (κ2) is 4.24. The van der Waals surface area contributed by atoms with Crippen LogP contribution in [-0.2, 0) is 4.79 Å². The molecular weight excluding hydrogens is 207 g/mol. The Bertz CT molecular complexity index is 414. The van der Waals surface area contributed by atoms with E-state index in [0.717, 1.165) is 12.0 Å². The molecule has 1 aromatic carbocycles. The molecule has 3 heteroatoms. The van der Waals surface area contributed by atoms with Crippen molar-refractivity contribution in [2.45, 2.75) is 25.7 Å². The van der Waals surface area contributed by atoms with Gasteiger partial charge in [0.2, 0.25) is 0 Å². The summed E-state index contributed by atoms with van der Waals surface area (Å²) in [6, 6.07) is 4.49. The van der Waals surface area contributed by atoms with Gasteiger partial charge in [0.15, 0.2) is 0 Å². The normalized spacial score (nSPS) is 24.8. The Morgan fingerprint density at radius 1 is 1.44 bits per heavy atom. The first kappa shape index (κ1) is 11.1. The summed E-state index contributed by atoms with van der Waals surface area (Å²) < 4.78 is 18.4. The fraction of sp³-hybridized carbons (Fsp3) is 0.462. The third-order valence-electron chi connectivity index (χ3n) is 3.40. The summed E-state index contributed by atoms with van der Waals surface area (Å²) in [5.41, 5.74) is 0.820. The van der Waals surface area contributed by atoms with Crippen molar-refractivity contribution < 1.29 is 13.9 Å². The van der Waals surface area contributed by atoms with Crippen LogP contribution in [0.4, 0.5) is 4.39 Å². The summed E-state index contributed by atoms with van der Waals surface area (Å²) in [6.45, 7) is 1.91. The van der Waals surface area contributed by atoms with E-state index in [4.69, 9.17) is 4.74 Å². The van der Waals surface area contributed by atoms with Crippen LogP contribution in [0.15, 0.2) is 18.2 Å². The van der Waals surface area contributed by atoms with Gasteiger partial charge in [0, 0.05) is 17.9 Å². The van der Waals surface area contributed by atoms with Gasteiger partial charge in [-0.2, -0.15) is 0 Å². The van der Waals surface area contributed by atoms with Gasteiger partial charge in [-0.15, -0.1) is 0 Å². The molecular formula is C13H15FO2. The van der Waals surface area contributed by atoms with E-state index in [1.165, 1.54) is 12.1 Å². The summed E-state index contributed by atoms with van der Waals surface area (Å²) >= 11 is 0.